The van der Waals surface area contributed by atoms with Crippen LogP contribution in [0.1, 0.15) is 35.4 Å². The average Bonchev–Trinajstić information content (AvgIpc) is 3.68. The minimum atomic E-state index is -1.03. The molecule has 1 aliphatic heterocycles. The molecule has 4 aromatic rings. The lowest BCUT2D eigenvalue weighted by molar-refractivity contribution is -0.148. The van der Waals surface area contributed by atoms with Gasteiger partial charge in [-0.05, 0) is 46.7 Å². The van der Waals surface area contributed by atoms with E-state index in [0.29, 0.717) is 19.4 Å². The minimum Gasteiger partial charge on any atom is -0.480 e. The maximum atomic E-state index is 13.6. The molecule has 2 atom stereocenters. The van der Waals surface area contributed by atoms with Gasteiger partial charge in [-0.1, -0.05) is 66.7 Å². The van der Waals surface area contributed by atoms with Crippen LogP contribution in [0.2, 0.25) is 0 Å². The number of carboxylic acids is 1. The molecule has 8 nitrogen and oxygen atoms in total. The number of hydrogen-bond acceptors (Lipinski definition) is 4. The first-order valence-corrected chi connectivity index (χ1v) is 13.2. The number of nitrogens with zero attached hydrogens (tertiary/aromatic N) is 1. The molecule has 0 bridgehead atoms. The number of aliphatic carboxylic acids is 1. The quantitative estimate of drug-likeness (QED) is 0.325. The van der Waals surface area contributed by atoms with E-state index < -0.39 is 30.1 Å². The lowest BCUT2D eigenvalue weighted by atomic mass is 9.98. The maximum absolute atomic E-state index is 13.6. The average molecular weight is 524 g/mol. The van der Waals surface area contributed by atoms with Gasteiger partial charge in [0.05, 0.1) is 0 Å². The number of rotatable bonds is 7. The number of aromatic amines is 1. The smallest absolute Gasteiger partial charge is 0.407 e. The Kier molecular flexibility index (Phi) is 6.52. The molecule has 1 aromatic heterocycles. The lowest BCUT2D eigenvalue weighted by Gasteiger charge is -2.27. The highest BCUT2D eigenvalue weighted by atomic mass is 16.5. The van der Waals surface area contributed by atoms with E-state index in [4.69, 9.17) is 4.74 Å². The van der Waals surface area contributed by atoms with E-state index in [1.54, 1.807) is 0 Å². The maximum Gasteiger partial charge on any atom is 0.407 e. The zero-order valence-electron chi connectivity index (χ0n) is 21.3. The van der Waals surface area contributed by atoms with Crippen molar-refractivity contribution in [3.05, 3.63) is 95.7 Å². The number of amides is 2. The predicted molar refractivity (Wildman–Crippen MR) is 146 cm³/mol. The van der Waals surface area contributed by atoms with Crippen molar-refractivity contribution in [3.63, 3.8) is 0 Å². The molecule has 0 saturated carbocycles. The summed E-state index contributed by atoms with van der Waals surface area (Å²) in [4.78, 5) is 43.1. The Hall–Kier alpha value is -4.59. The highest BCUT2D eigenvalue weighted by Gasteiger charge is 2.38. The second-order valence-electron chi connectivity index (χ2n) is 10.1. The zero-order valence-corrected chi connectivity index (χ0v) is 21.3. The first kappa shape index (κ1) is 24.7. The molecule has 1 saturated heterocycles. The number of H-pyrrole nitrogens is 1. The Labute approximate surface area is 225 Å². The number of carboxylic acid groups (broad SMARTS) is 1. The first-order valence-electron chi connectivity index (χ1n) is 13.2. The fraction of sp³-hybridized carbons (Fsp3) is 0.258. The van der Waals surface area contributed by atoms with Crippen molar-refractivity contribution in [3.8, 4) is 11.1 Å². The van der Waals surface area contributed by atoms with Crippen LogP contribution in [0, 0.1) is 0 Å². The Morgan fingerprint density at radius 2 is 1.64 bits per heavy atom. The molecule has 1 aliphatic carbocycles. The van der Waals surface area contributed by atoms with E-state index in [2.05, 4.69) is 22.4 Å². The normalized spacial score (nSPS) is 17.0. The second-order valence-corrected chi connectivity index (χ2v) is 10.1. The fourth-order valence-corrected chi connectivity index (χ4v) is 5.99. The monoisotopic (exact) mass is 523 g/mol. The van der Waals surface area contributed by atoms with Gasteiger partial charge in [-0.25, -0.2) is 9.59 Å². The second kappa shape index (κ2) is 10.3. The molecule has 39 heavy (non-hydrogen) atoms. The molecule has 0 radical (unpaired) electrons. The van der Waals surface area contributed by atoms with Crippen molar-refractivity contribution in [1.29, 1.82) is 0 Å². The molecule has 2 aliphatic rings. The van der Waals surface area contributed by atoms with Crippen LogP contribution in [-0.4, -0.2) is 58.2 Å². The van der Waals surface area contributed by atoms with Gasteiger partial charge < -0.3 is 25.0 Å². The number of para-hydroxylation sites is 1. The Balaban J connectivity index is 1.22. The van der Waals surface area contributed by atoms with E-state index in [1.807, 2.05) is 66.9 Å². The molecule has 3 N–H and O–H groups in total. The highest BCUT2D eigenvalue weighted by molar-refractivity contribution is 5.91. The summed E-state index contributed by atoms with van der Waals surface area (Å²) in [5.41, 5.74) is 6.23. The van der Waals surface area contributed by atoms with E-state index in [0.717, 1.165) is 38.7 Å². The summed E-state index contributed by atoms with van der Waals surface area (Å²) in [5, 5.41) is 13.4. The predicted octanol–water partition coefficient (Wildman–Crippen LogP) is 4.69. The molecule has 1 fully saturated rings. The summed E-state index contributed by atoms with van der Waals surface area (Å²) in [6, 6.07) is 22.0. The van der Waals surface area contributed by atoms with Crippen molar-refractivity contribution in [2.24, 2.45) is 0 Å². The van der Waals surface area contributed by atoms with E-state index in [1.165, 1.54) is 4.90 Å². The van der Waals surface area contributed by atoms with E-state index >= 15 is 0 Å². The summed E-state index contributed by atoms with van der Waals surface area (Å²) in [6.45, 7) is 0.460. The van der Waals surface area contributed by atoms with Gasteiger partial charge in [0.1, 0.15) is 18.7 Å². The van der Waals surface area contributed by atoms with Crippen molar-refractivity contribution in [2.75, 3.05) is 13.2 Å². The van der Waals surface area contributed by atoms with Crippen LogP contribution in [0.25, 0.3) is 22.0 Å². The van der Waals surface area contributed by atoms with Crippen LogP contribution in [0.5, 0.6) is 0 Å². The van der Waals surface area contributed by atoms with Gasteiger partial charge in [0.2, 0.25) is 5.91 Å². The van der Waals surface area contributed by atoms with Gasteiger partial charge in [-0.3, -0.25) is 4.79 Å². The molecular formula is C31H29N3O5. The number of carbonyl (C=O) groups is 3. The molecule has 198 valence electrons. The van der Waals surface area contributed by atoms with Crippen molar-refractivity contribution in [2.45, 2.75) is 37.3 Å². The van der Waals surface area contributed by atoms with Crippen LogP contribution in [0.15, 0.2) is 79.0 Å². The van der Waals surface area contributed by atoms with Gasteiger partial charge in [-0.15, -0.1) is 0 Å². The third kappa shape index (κ3) is 4.63. The van der Waals surface area contributed by atoms with Gasteiger partial charge in [0.15, 0.2) is 0 Å². The number of alkyl carbamates (subject to hydrolysis) is 1. The molecule has 0 spiro atoms. The van der Waals surface area contributed by atoms with Crippen LogP contribution in [0.4, 0.5) is 4.79 Å². The number of carbonyl (C=O) groups excluding carboxylic acids is 2. The third-order valence-corrected chi connectivity index (χ3v) is 7.85. The van der Waals surface area contributed by atoms with Crippen molar-refractivity contribution < 1.29 is 24.2 Å². The summed E-state index contributed by atoms with van der Waals surface area (Å²) < 4.78 is 5.72. The van der Waals surface area contributed by atoms with Gasteiger partial charge >= 0.3 is 12.1 Å². The van der Waals surface area contributed by atoms with Crippen LogP contribution < -0.4 is 5.32 Å². The minimum absolute atomic E-state index is 0.110. The SMILES string of the molecule is O=C(N[C@@H](Cc1c[nH]c2ccccc12)C(=O)N1CCC[C@H]1C(=O)O)OCC1c2ccccc2-c2ccccc21. The lowest BCUT2D eigenvalue weighted by Crippen LogP contribution is -2.52. The first-order chi connectivity index (χ1) is 19.0. The number of likely N-dealkylation sites (tertiary alicyclic amines) is 1. The number of hydrogen-bond donors (Lipinski definition) is 3. The molecular weight excluding hydrogens is 494 g/mol. The largest absolute Gasteiger partial charge is 0.480 e. The highest BCUT2D eigenvalue weighted by Crippen LogP contribution is 2.44. The van der Waals surface area contributed by atoms with Gasteiger partial charge in [0.25, 0.3) is 0 Å². The third-order valence-electron chi connectivity index (χ3n) is 7.85. The fourth-order valence-electron chi connectivity index (χ4n) is 5.99. The number of fused-ring (bicyclic) bond motifs is 4. The standard InChI is InChI=1S/C31H29N3O5/c35-29(34-15-7-14-28(34)30(36)37)27(16-19-17-32-26-13-6-5-8-20(19)26)33-31(38)39-18-25-23-11-3-1-9-21(23)22-10-2-4-12-24(22)25/h1-6,8-13,17,25,27-28,32H,7,14-16,18H2,(H,33,38)(H,36,37)/t27-,28-/m0/s1. The molecule has 2 heterocycles. The van der Waals surface area contributed by atoms with Crippen LogP contribution in [0.3, 0.4) is 0 Å². The number of nitrogens with one attached hydrogen (secondary N) is 2. The Morgan fingerprint density at radius 1 is 0.974 bits per heavy atom. The molecule has 0 unspecified atom stereocenters. The topological polar surface area (TPSA) is 112 Å². The summed E-state index contributed by atoms with van der Waals surface area (Å²) in [5.74, 6) is -1.56. The van der Waals surface area contributed by atoms with E-state index in [9.17, 15) is 19.5 Å². The molecule has 6 rings (SSSR count). The van der Waals surface area contributed by atoms with Crippen LogP contribution in [-0.2, 0) is 20.7 Å². The van der Waals surface area contributed by atoms with Gasteiger partial charge in [-0.2, -0.15) is 0 Å². The molecule has 3 aromatic carbocycles. The summed E-state index contributed by atoms with van der Waals surface area (Å²) in [7, 11) is 0. The van der Waals surface area contributed by atoms with Crippen molar-refractivity contribution >= 4 is 28.9 Å². The number of ether oxygens (including phenoxy) is 1. The molecule has 8 heteroatoms. The number of aromatic nitrogens is 1. The van der Waals surface area contributed by atoms with Crippen molar-refractivity contribution in [1.82, 2.24) is 15.2 Å². The summed E-state index contributed by atoms with van der Waals surface area (Å²) in [6.07, 6.45) is 2.32. The Morgan fingerprint density at radius 3 is 2.36 bits per heavy atom. The number of benzene rings is 3. The molecule has 2 amide bonds. The Bertz CT molecular complexity index is 1520. The van der Waals surface area contributed by atoms with Gasteiger partial charge in [0, 0.05) is 36.0 Å². The summed E-state index contributed by atoms with van der Waals surface area (Å²) >= 11 is 0. The zero-order chi connectivity index (χ0) is 26.9. The van der Waals surface area contributed by atoms with E-state index in [-0.39, 0.29) is 18.9 Å². The van der Waals surface area contributed by atoms with Crippen LogP contribution >= 0.6 is 0 Å².